The summed E-state index contributed by atoms with van der Waals surface area (Å²) in [6.07, 6.45) is 3.27. The molecule has 1 aromatic rings. The van der Waals surface area contributed by atoms with Crippen LogP contribution in [0.15, 0.2) is 24.3 Å². The Morgan fingerprint density at radius 3 is 2.43 bits per heavy atom. The molecule has 0 aromatic heterocycles. The van der Waals surface area contributed by atoms with E-state index in [1.54, 1.807) is 12.1 Å². The van der Waals surface area contributed by atoms with Gasteiger partial charge in [-0.3, -0.25) is 9.59 Å². The van der Waals surface area contributed by atoms with Gasteiger partial charge in [0.1, 0.15) is 5.82 Å². The molecule has 1 aliphatic rings. The Balaban J connectivity index is 1.86. The maximum absolute atomic E-state index is 12.8. The van der Waals surface area contributed by atoms with Crippen molar-refractivity contribution in [2.45, 2.75) is 44.7 Å². The molecule has 23 heavy (non-hydrogen) atoms. The monoisotopic (exact) mass is 321 g/mol. The summed E-state index contributed by atoms with van der Waals surface area (Å²) in [5, 5.41) is 2.75. The molecule has 1 saturated carbocycles. The number of likely N-dealkylation sites (N-methyl/N-ethyl adjacent to an activating group) is 1. The van der Waals surface area contributed by atoms with Gasteiger partial charge in [0.25, 0.3) is 0 Å². The topological polar surface area (TPSA) is 75.4 Å². The van der Waals surface area contributed by atoms with Crippen LogP contribution < -0.4 is 11.1 Å². The van der Waals surface area contributed by atoms with Crippen LogP contribution in [0.5, 0.6) is 0 Å². The summed E-state index contributed by atoms with van der Waals surface area (Å²) in [6.45, 7) is 2.58. The molecule has 0 atom stereocenters. The van der Waals surface area contributed by atoms with Crippen LogP contribution in [-0.4, -0.2) is 35.3 Å². The average molecular weight is 321 g/mol. The number of carbonyl (C=O) groups is 2. The van der Waals surface area contributed by atoms with Gasteiger partial charge in [0.05, 0.1) is 12.1 Å². The highest BCUT2D eigenvalue weighted by Gasteiger charge is 2.39. The summed E-state index contributed by atoms with van der Waals surface area (Å²) in [6, 6.07) is 5.93. The zero-order valence-electron chi connectivity index (χ0n) is 13.5. The second-order valence-electron chi connectivity index (χ2n) is 6.09. The molecular weight excluding hydrogens is 297 g/mol. The largest absolute Gasteiger partial charge is 0.350 e. The molecule has 0 radical (unpaired) electrons. The van der Waals surface area contributed by atoms with Crippen LogP contribution in [0.4, 0.5) is 4.39 Å². The van der Waals surface area contributed by atoms with Crippen LogP contribution in [0.25, 0.3) is 0 Å². The first-order valence-electron chi connectivity index (χ1n) is 8.04. The molecule has 0 heterocycles. The number of hydrogen-bond donors (Lipinski definition) is 2. The lowest BCUT2D eigenvalue weighted by atomic mass is 9.97. The predicted octanol–water partition coefficient (Wildman–Crippen LogP) is 1.56. The molecule has 0 bridgehead atoms. The number of halogens is 1. The van der Waals surface area contributed by atoms with Crippen molar-refractivity contribution in [3.63, 3.8) is 0 Å². The average Bonchev–Trinajstić information content (AvgIpc) is 2.99. The van der Waals surface area contributed by atoms with Crippen molar-refractivity contribution in [2.75, 3.05) is 13.1 Å². The quantitative estimate of drug-likeness (QED) is 0.835. The SMILES string of the molecule is CCN(CC(=O)NCc1ccc(F)cc1)C(=O)C1(N)CCCC1. The zero-order chi connectivity index (χ0) is 16.9. The molecule has 126 valence electrons. The Morgan fingerprint density at radius 1 is 1.26 bits per heavy atom. The van der Waals surface area contributed by atoms with Gasteiger partial charge in [-0.25, -0.2) is 4.39 Å². The van der Waals surface area contributed by atoms with Crippen LogP contribution in [0, 0.1) is 5.82 Å². The number of benzene rings is 1. The first kappa shape index (κ1) is 17.4. The Bertz CT molecular complexity index is 553. The third kappa shape index (κ3) is 4.51. The zero-order valence-corrected chi connectivity index (χ0v) is 13.5. The summed E-state index contributed by atoms with van der Waals surface area (Å²) in [7, 11) is 0. The highest BCUT2D eigenvalue weighted by molar-refractivity contribution is 5.90. The van der Waals surface area contributed by atoms with E-state index < -0.39 is 5.54 Å². The van der Waals surface area contributed by atoms with E-state index in [4.69, 9.17) is 5.73 Å². The normalized spacial score (nSPS) is 16.1. The highest BCUT2D eigenvalue weighted by atomic mass is 19.1. The standard InChI is InChI=1S/C17H24FN3O2/c1-2-21(16(23)17(19)9-3-4-10-17)12-15(22)20-11-13-5-7-14(18)8-6-13/h5-8H,2-4,9-12,19H2,1H3,(H,20,22). The summed E-state index contributed by atoms with van der Waals surface area (Å²) >= 11 is 0. The van der Waals surface area contributed by atoms with Crippen molar-refractivity contribution in [1.82, 2.24) is 10.2 Å². The fraction of sp³-hybridized carbons (Fsp3) is 0.529. The van der Waals surface area contributed by atoms with Gasteiger partial charge in [0.15, 0.2) is 0 Å². The molecule has 1 aliphatic carbocycles. The molecule has 0 unspecified atom stereocenters. The highest BCUT2D eigenvalue weighted by Crippen LogP contribution is 2.28. The second kappa shape index (κ2) is 7.55. The maximum Gasteiger partial charge on any atom is 0.243 e. The van der Waals surface area contributed by atoms with Gasteiger partial charge >= 0.3 is 0 Å². The van der Waals surface area contributed by atoms with E-state index in [0.717, 1.165) is 18.4 Å². The van der Waals surface area contributed by atoms with Gasteiger partial charge < -0.3 is 16.0 Å². The maximum atomic E-state index is 12.8. The van der Waals surface area contributed by atoms with Gasteiger partial charge in [-0.05, 0) is 37.5 Å². The van der Waals surface area contributed by atoms with Crippen LogP contribution in [0.2, 0.25) is 0 Å². The molecule has 2 amide bonds. The number of carbonyl (C=O) groups excluding carboxylic acids is 2. The summed E-state index contributed by atoms with van der Waals surface area (Å²) in [5.74, 6) is -0.701. The van der Waals surface area contributed by atoms with Crippen molar-refractivity contribution in [3.05, 3.63) is 35.6 Å². The van der Waals surface area contributed by atoms with E-state index >= 15 is 0 Å². The Morgan fingerprint density at radius 2 is 1.87 bits per heavy atom. The minimum Gasteiger partial charge on any atom is -0.350 e. The molecule has 0 aliphatic heterocycles. The summed E-state index contributed by atoms with van der Waals surface area (Å²) in [4.78, 5) is 26.1. The molecule has 6 heteroatoms. The van der Waals surface area contributed by atoms with Gasteiger partial charge in [0.2, 0.25) is 11.8 Å². The van der Waals surface area contributed by atoms with Crippen LogP contribution in [0.1, 0.15) is 38.2 Å². The van der Waals surface area contributed by atoms with Gasteiger partial charge in [-0.15, -0.1) is 0 Å². The molecule has 1 fully saturated rings. The fourth-order valence-electron chi connectivity index (χ4n) is 2.89. The Hall–Kier alpha value is -1.95. The molecule has 0 saturated heterocycles. The number of nitrogens with two attached hydrogens (primary N) is 1. The van der Waals surface area contributed by atoms with Crippen molar-refractivity contribution in [2.24, 2.45) is 5.73 Å². The first-order chi connectivity index (χ1) is 10.9. The fourth-order valence-corrected chi connectivity index (χ4v) is 2.89. The minimum absolute atomic E-state index is 0.00449. The van der Waals surface area contributed by atoms with Crippen LogP contribution in [0.3, 0.4) is 0 Å². The summed E-state index contributed by atoms with van der Waals surface area (Å²) < 4.78 is 12.8. The smallest absolute Gasteiger partial charge is 0.243 e. The number of hydrogen-bond acceptors (Lipinski definition) is 3. The van der Waals surface area contributed by atoms with E-state index in [9.17, 15) is 14.0 Å². The lowest BCUT2D eigenvalue weighted by Crippen LogP contribution is -2.55. The molecule has 2 rings (SSSR count). The van der Waals surface area contributed by atoms with Crippen LogP contribution in [-0.2, 0) is 16.1 Å². The molecule has 0 spiro atoms. The second-order valence-corrected chi connectivity index (χ2v) is 6.09. The van der Waals surface area contributed by atoms with E-state index in [1.165, 1.54) is 17.0 Å². The van der Waals surface area contributed by atoms with Gasteiger partial charge in [-0.2, -0.15) is 0 Å². The molecule has 5 nitrogen and oxygen atoms in total. The van der Waals surface area contributed by atoms with Gasteiger partial charge in [0, 0.05) is 13.1 Å². The molecular formula is C17H24FN3O2. The Kier molecular flexibility index (Phi) is 5.71. The number of nitrogens with one attached hydrogen (secondary N) is 1. The third-order valence-electron chi connectivity index (χ3n) is 4.33. The molecule has 1 aromatic carbocycles. The van der Waals surface area contributed by atoms with Gasteiger partial charge in [-0.1, -0.05) is 25.0 Å². The lowest BCUT2D eigenvalue weighted by molar-refractivity contribution is -0.140. The van der Waals surface area contributed by atoms with E-state index in [2.05, 4.69) is 5.32 Å². The molecule has 3 N–H and O–H groups in total. The van der Waals surface area contributed by atoms with E-state index in [-0.39, 0.29) is 24.2 Å². The van der Waals surface area contributed by atoms with E-state index in [1.807, 2.05) is 6.92 Å². The number of nitrogens with zero attached hydrogens (tertiary/aromatic N) is 1. The lowest BCUT2D eigenvalue weighted by Gasteiger charge is -2.30. The van der Waals surface area contributed by atoms with Crippen molar-refractivity contribution in [1.29, 1.82) is 0 Å². The predicted molar refractivity (Wildman–Crippen MR) is 85.9 cm³/mol. The number of rotatable bonds is 6. The summed E-state index contributed by atoms with van der Waals surface area (Å²) in [5.41, 5.74) is 6.17. The van der Waals surface area contributed by atoms with Crippen molar-refractivity contribution < 1.29 is 14.0 Å². The van der Waals surface area contributed by atoms with Crippen LogP contribution >= 0.6 is 0 Å². The third-order valence-corrected chi connectivity index (χ3v) is 4.33. The van der Waals surface area contributed by atoms with Crippen molar-refractivity contribution >= 4 is 11.8 Å². The van der Waals surface area contributed by atoms with Crippen molar-refractivity contribution in [3.8, 4) is 0 Å². The first-order valence-corrected chi connectivity index (χ1v) is 8.04. The number of amides is 2. The Labute approximate surface area is 136 Å². The van der Waals surface area contributed by atoms with E-state index in [0.29, 0.717) is 25.9 Å². The minimum atomic E-state index is -0.812.